The van der Waals surface area contributed by atoms with E-state index in [9.17, 15) is 4.79 Å². The monoisotopic (exact) mass is 294 g/mol. The molecule has 1 saturated heterocycles. The maximum absolute atomic E-state index is 11.5. The Morgan fingerprint density at radius 2 is 2.20 bits per heavy atom. The lowest BCUT2D eigenvalue weighted by Crippen LogP contribution is -2.27. The molecule has 0 amide bonds. The Balaban J connectivity index is 1.91. The number of ether oxygens (including phenoxy) is 3. The zero-order valence-electron chi connectivity index (χ0n) is 11.3. The molecule has 0 radical (unpaired) electrons. The van der Waals surface area contributed by atoms with Crippen molar-refractivity contribution in [1.82, 2.24) is 0 Å². The third-order valence-corrected chi connectivity index (χ3v) is 4.01. The lowest BCUT2D eigenvalue weighted by molar-refractivity contribution is -0.146. The Morgan fingerprint density at radius 3 is 2.90 bits per heavy atom. The van der Waals surface area contributed by atoms with Crippen LogP contribution in [-0.2, 0) is 9.53 Å². The van der Waals surface area contributed by atoms with Crippen LogP contribution < -0.4 is 9.47 Å². The molecule has 20 heavy (non-hydrogen) atoms. The molecule has 2 heterocycles. The average molecular weight is 295 g/mol. The molecule has 1 aromatic carbocycles. The van der Waals surface area contributed by atoms with E-state index in [4.69, 9.17) is 25.8 Å². The minimum absolute atomic E-state index is 0.136. The quantitative estimate of drug-likeness (QED) is 0.785. The van der Waals surface area contributed by atoms with Crippen molar-refractivity contribution in [2.75, 3.05) is 6.79 Å². The third-order valence-electron chi connectivity index (χ3n) is 3.64. The number of rotatable bonds is 2. The topological polar surface area (TPSA) is 44.8 Å². The van der Waals surface area contributed by atoms with Gasteiger partial charge in [0.15, 0.2) is 0 Å². The van der Waals surface area contributed by atoms with Crippen molar-refractivity contribution in [3.8, 4) is 11.5 Å². The van der Waals surface area contributed by atoms with Crippen LogP contribution in [0, 0.1) is 5.92 Å². The molecule has 1 unspecified atom stereocenters. The van der Waals surface area contributed by atoms with Crippen molar-refractivity contribution >= 4 is 23.6 Å². The summed E-state index contributed by atoms with van der Waals surface area (Å²) in [6, 6.07) is 5.57. The van der Waals surface area contributed by atoms with E-state index in [0.29, 0.717) is 11.5 Å². The normalized spacial score (nSPS) is 23.9. The van der Waals surface area contributed by atoms with Crippen LogP contribution in [0.1, 0.15) is 25.8 Å². The zero-order valence-corrected chi connectivity index (χ0v) is 12.1. The van der Waals surface area contributed by atoms with Gasteiger partial charge in [-0.15, -0.1) is 0 Å². The first-order valence-electron chi connectivity index (χ1n) is 6.44. The fourth-order valence-electron chi connectivity index (χ4n) is 2.51. The van der Waals surface area contributed by atoms with Crippen molar-refractivity contribution in [2.24, 2.45) is 5.92 Å². The van der Waals surface area contributed by atoms with Crippen molar-refractivity contribution in [3.05, 3.63) is 28.8 Å². The van der Waals surface area contributed by atoms with E-state index >= 15 is 0 Å². The number of hydrogen-bond donors (Lipinski definition) is 0. The maximum Gasteiger partial charge on any atom is 0.307 e. The molecule has 0 aromatic heterocycles. The maximum atomic E-state index is 11.5. The highest BCUT2D eigenvalue weighted by atomic mass is 35.5. The lowest BCUT2D eigenvalue weighted by atomic mass is 9.89. The Bertz CT molecular complexity index is 592. The largest absolute Gasteiger partial charge is 0.459 e. The zero-order chi connectivity index (χ0) is 14.3. The van der Waals surface area contributed by atoms with Crippen molar-refractivity contribution in [1.29, 1.82) is 0 Å². The predicted molar refractivity (Wildman–Crippen MR) is 74.7 cm³/mol. The van der Waals surface area contributed by atoms with Crippen LogP contribution in [0.5, 0.6) is 11.5 Å². The van der Waals surface area contributed by atoms with Crippen molar-refractivity contribution in [2.45, 2.75) is 25.9 Å². The van der Waals surface area contributed by atoms with Gasteiger partial charge in [-0.2, -0.15) is 0 Å². The lowest BCUT2D eigenvalue weighted by Gasteiger charge is -2.24. The predicted octanol–water partition coefficient (Wildman–Crippen LogP) is 3.34. The van der Waals surface area contributed by atoms with Crippen LogP contribution in [0.25, 0.3) is 6.08 Å². The molecule has 2 aliphatic heterocycles. The fourth-order valence-corrected chi connectivity index (χ4v) is 2.96. The average Bonchev–Trinajstić information content (AvgIpc) is 2.66. The SMILES string of the molecule is CC1(C)OC(=O)CC1/C(Cl)=C/c1ccc2cc1OCO2. The Hall–Kier alpha value is -1.68. The highest BCUT2D eigenvalue weighted by Crippen LogP contribution is 2.41. The molecule has 0 N–H and O–H groups in total. The van der Waals surface area contributed by atoms with E-state index in [2.05, 4.69) is 0 Å². The van der Waals surface area contributed by atoms with Gasteiger partial charge >= 0.3 is 5.97 Å². The van der Waals surface area contributed by atoms with Crippen LogP contribution in [0.4, 0.5) is 0 Å². The minimum atomic E-state index is -0.578. The summed E-state index contributed by atoms with van der Waals surface area (Å²) in [6.07, 6.45) is 2.14. The van der Waals surface area contributed by atoms with Gasteiger partial charge in [0, 0.05) is 22.6 Å². The molecule has 1 atom stereocenters. The Labute approximate surface area is 122 Å². The number of benzene rings is 1. The summed E-state index contributed by atoms with van der Waals surface area (Å²) < 4.78 is 16.0. The number of carbonyl (C=O) groups is 1. The first-order chi connectivity index (χ1) is 9.45. The summed E-state index contributed by atoms with van der Waals surface area (Å²) >= 11 is 6.40. The molecular formula is C15H15ClO4. The Kier molecular flexibility index (Phi) is 3.13. The molecule has 4 nitrogen and oxygen atoms in total. The molecule has 106 valence electrons. The van der Waals surface area contributed by atoms with Crippen LogP contribution >= 0.6 is 11.6 Å². The molecule has 2 aliphatic rings. The van der Waals surface area contributed by atoms with Gasteiger partial charge in [0.25, 0.3) is 0 Å². The second-order valence-corrected chi connectivity index (χ2v) is 5.91. The smallest absolute Gasteiger partial charge is 0.307 e. The molecule has 3 rings (SSSR count). The third kappa shape index (κ3) is 2.36. The molecule has 2 bridgehead atoms. The van der Waals surface area contributed by atoms with E-state index in [1.54, 1.807) is 0 Å². The summed E-state index contributed by atoms with van der Waals surface area (Å²) in [5, 5.41) is 0.597. The molecule has 0 aliphatic carbocycles. The van der Waals surface area contributed by atoms with Gasteiger partial charge in [-0.05, 0) is 32.1 Å². The number of halogens is 1. The molecule has 5 heteroatoms. The van der Waals surface area contributed by atoms with Crippen molar-refractivity contribution in [3.63, 3.8) is 0 Å². The second kappa shape index (κ2) is 4.70. The number of esters is 1. The van der Waals surface area contributed by atoms with Crippen LogP contribution in [0.15, 0.2) is 23.2 Å². The van der Waals surface area contributed by atoms with E-state index < -0.39 is 5.60 Å². The summed E-state index contributed by atoms with van der Waals surface area (Å²) in [7, 11) is 0. The molecular weight excluding hydrogens is 280 g/mol. The highest BCUT2D eigenvalue weighted by Gasteiger charge is 2.43. The van der Waals surface area contributed by atoms with Gasteiger partial charge in [0.2, 0.25) is 6.79 Å². The summed E-state index contributed by atoms with van der Waals surface area (Å²) in [5.41, 5.74) is 0.295. The minimum Gasteiger partial charge on any atom is -0.459 e. The van der Waals surface area contributed by atoms with Gasteiger partial charge in [-0.1, -0.05) is 11.6 Å². The van der Waals surface area contributed by atoms with Crippen LogP contribution in [0.2, 0.25) is 0 Å². The molecule has 0 spiro atoms. The summed E-state index contributed by atoms with van der Waals surface area (Å²) in [6.45, 7) is 3.95. The molecule has 1 aromatic rings. The molecule has 1 fully saturated rings. The highest BCUT2D eigenvalue weighted by molar-refractivity contribution is 6.32. The van der Waals surface area contributed by atoms with E-state index in [1.165, 1.54) is 0 Å². The fraction of sp³-hybridized carbons (Fsp3) is 0.400. The number of hydrogen-bond acceptors (Lipinski definition) is 4. The van der Waals surface area contributed by atoms with Crippen LogP contribution in [0.3, 0.4) is 0 Å². The van der Waals surface area contributed by atoms with Gasteiger partial charge in [0.1, 0.15) is 17.1 Å². The van der Waals surface area contributed by atoms with E-state index in [-0.39, 0.29) is 18.7 Å². The van der Waals surface area contributed by atoms with Gasteiger partial charge in [-0.3, -0.25) is 4.79 Å². The number of fused-ring (bicyclic) bond motifs is 2. The van der Waals surface area contributed by atoms with E-state index in [1.807, 2.05) is 38.1 Å². The standard InChI is InChI=1S/C15H15ClO4/c1-15(2)11(7-14(17)20-15)12(16)5-9-3-4-10-6-13(9)19-8-18-10/h3-6,11H,7-8H2,1-2H3/b12-5-. The van der Waals surface area contributed by atoms with Gasteiger partial charge in [-0.25, -0.2) is 0 Å². The van der Waals surface area contributed by atoms with E-state index in [0.717, 1.165) is 17.1 Å². The first kappa shape index (κ1) is 13.3. The van der Waals surface area contributed by atoms with Crippen molar-refractivity contribution < 1.29 is 19.0 Å². The second-order valence-electron chi connectivity index (χ2n) is 5.47. The summed E-state index contributed by atoms with van der Waals surface area (Å²) in [5.74, 6) is 1.16. The Morgan fingerprint density at radius 1 is 1.40 bits per heavy atom. The first-order valence-corrected chi connectivity index (χ1v) is 6.82. The van der Waals surface area contributed by atoms with Crippen LogP contribution in [-0.4, -0.2) is 18.4 Å². The van der Waals surface area contributed by atoms with Gasteiger partial charge < -0.3 is 14.2 Å². The number of cyclic esters (lactones) is 1. The molecule has 0 saturated carbocycles. The van der Waals surface area contributed by atoms with Gasteiger partial charge in [0.05, 0.1) is 6.42 Å². The number of carbonyl (C=O) groups excluding carboxylic acids is 1. The summed E-state index contributed by atoms with van der Waals surface area (Å²) in [4.78, 5) is 11.5.